The Balaban J connectivity index is 2.29. The number of alkyl halides is 3. The lowest BCUT2D eigenvalue weighted by atomic mass is 9.91. The summed E-state index contributed by atoms with van der Waals surface area (Å²) in [5.74, 6) is -1.69. The third-order valence-corrected chi connectivity index (χ3v) is 5.30. The molecular weight excluding hydrogens is 403 g/mol. The van der Waals surface area contributed by atoms with E-state index in [1.807, 2.05) is 0 Å². The van der Waals surface area contributed by atoms with Gasteiger partial charge in [-0.3, -0.25) is 9.59 Å². The molecule has 0 aromatic carbocycles. The fourth-order valence-corrected chi connectivity index (χ4v) is 3.36. The number of ether oxygens (including phenoxy) is 2. The molecular formula is C20H28F3N3O4. The van der Waals surface area contributed by atoms with Gasteiger partial charge in [0.15, 0.2) is 0 Å². The van der Waals surface area contributed by atoms with Gasteiger partial charge in [-0.05, 0) is 38.2 Å². The van der Waals surface area contributed by atoms with Crippen LogP contribution in [0.4, 0.5) is 13.2 Å². The molecule has 0 saturated carbocycles. The van der Waals surface area contributed by atoms with Crippen molar-refractivity contribution in [2.45, 2.75) is 63.8 Å². The SMILES string of the molecule is CCC(CC)(NC(=O)c1nc(OCC2CCCCO2)ccc1C(F)(F)F)C(=O)NC. The molecule has 7 nitrogen and oxygen atoms in total. The highest BCUT2D eigenvalue weighted by Gasteiger charge is 2.40. The number of carbonyl (C=O) groups excluding carboxylic acids is 2. The van der Waals surface area contributed by atoms with Crippen molar-refractivity contribution in [3.05, 3.63) is 23.4 Å². The Bertz CT molecular complexity index is 745. The van der Waals surface area contributed by atoms with Crippen LogP contribution in [0.25, 0.3) is 0 Å². The van der Waals surface area contributed by atoms with Gasteiger partial charge in [-0.1, -0.05) is 13.8 Å². The molecule has 0 spiro atoms. The van der Waals surface area contributed by atoms with Crippen LogP contribution < -0.4 is 15.4 Å². The van der Waals surface area contributed by atoms with Crippen LogP contribution in [0.2, 0.25) is 0 Å². The maximum Gasteiger partial charge on any atom is 0.418 e. The highest BCUT2D eigenvalue weighted by Crippen LogP contribution is 2.33. The minimum Gasteiger partial charge on any atom is -0.475 e. The summed E-state index contributed by atoms with van der Waals surface area (Å²) in [5.41, 5.74) is -3.37. The molecule has 1 aliphatic rings. The van der Waals surface area contributed by atoms with Gasteiger partial charge >= 0.3 is 6.18 Å². The summed E-state index contributed by atoms with van der Waals surface area (Å²) in [6.45, 7) is 4.07. The second-order valence-corrected chi connectivity index (χ2v) is 7.17. The lowest BCUT2D eigenvalue weighted by Gasteiger charge is -2.31. The minimum atomic E-state index is -4.79. The van der Waals surface area contributed by atoms with Gasteiger partial charge in [0.1, 0.15) is 17.8 Å². The Morgan fingerprint density at radius 3 is 2.47 bits per heavy atom. The van der Waals surface area contributed by atoms with Crippen molar-refractivity contribution < 1.29 is 32.2 Å². The van der Waals surface area contributed by atoms with Crippen LogP contribution in [-0.2, 0) is 15.7 Å². The number of amides is 2. The van der Waals surface area contributed by atoms with Gasteiger partial charge in [0.05, 0.1) is 11.7 Å². The van der Waals surface area contributed by atoms with Crippen LogP contribution in [0.3, 0.4) is 0 Å². The first-order chi connectivity index (χ1) is 14.2. The summed E-state index contributed by atoms with van der Waals surface area (Å²) in [4.78, 5) is 28.9. The van der Waals surface area contributed by atoms with Gasteiger partial charge in [0.25, 0.3) is 5.91 Å². The van der Waals surface area contributed by atoms with Crippen molar-refractivity contribution in [2.24, 2.45) is 0 Å². The zero-order chi connectivity index (χ0) is 22.4. The summed E-state index contributed by atoms with van der Waals surface area (Å²) < 4.78 is 51.5. The first kappa shape index (κ1) is 23.9. The van der Waals surface area contributed by atoms with E-state index >= 15 is 0 Å². The smallest absolute Gasteiger partial charge is 0.418 e. The van der Waals surface area contributed by atoms with Gasteiger partial charge in [-0.15, -0.1) is 0 Å². The van der Waals surface area contributed by atoms with E-state index in [1.54, 1.807) is 13.8 Å². The quantitative estimate of drug-likeness (QED) is 0.660. The summed E-state index contributed by atoms with van der Waals surface area (Å²) in [5, 5.41) is 4.89. The Hall–Kier alpha value is -2.36. The molecule has 2 heterocycles. The zero-order valence-corrected chi connectivity index (χ0v) is 17.4. The molecule has 10 heteroatoms. The molecule has 30 heavy (non-hydrogen) atoms. The summed E-state index contributed by atoms with van der Waals surface area (Å²) >= 11 is 0. The van der Waals surface area contributed by atoms with E-state index in [-0.39, 0.29) is 31.4 Å². The maximum absolute atomic E-state index is 13.5. The van der Waals surface area contributed by atoms with Crippen molar-refractivity contribution in [1.82, 2.24) is 15.6 Å². The number of aromatic nitrogens is 1. The molecule has 1 aromatic heterocycles. The molecule has 0 aliphatic carbocycles. The molecule has 1 aromatic rings. The van der Waals surface area contributed by atoms with E-state index in [9.17, 15) is 22.8 Å². The van der Waals surface area contributed by atoms with E-state index in [1.165, 1.54) is 7.05 Å². The van der Waals surface area contributed by atoms with Crippen LogP contribution >= 0.6 is 0 Å². The summed E-state index contributed by atoms with van der Waals surface area (Å²) in [6.07, 6.45) is -1.83. The summed E-state index contributed by atoms with van der Waals surface area (Å²) in [7, 11) is 1.40. The minimum absolute atomic E-state index is 0.110. The predicted octanol–water partition coefficient (Wildman–Crippen LogP) is 3.08. The average Bonchev–Trinajstić information content (AvgIpc) is 2.75. The van der Waals surface area contributed by atoms with E-state index in [0.29, 0.717) is 6.61 Å². The Morgan fingerprint density at radius 2 is 1.93 bits per heavy atom. The summed E-state index contributed by atoms with van der Waals surface area (Å²) in [6, 6.07) is 1.84. The average molecular weight is 431 g/mol. The number of halogens is 3. The number of likely N-dealkylation sites (N-methyl/N-ethyl adjacent to an activating group) is 1. The van der Waals surface area contributed by atoms with E-state index in [0.717, 1.165) is 31.4 Å². The Labute approximate surface area is 173 Å². The Kier molecular flexibility index (Phi) is 8.05. The maximum atomic E-state index is 13.5. The number of pyridine rings is 1. The zero-order valence-electron chi connectivity index (χ0n) is 17.4. The van der Waals surface area contributed by atoms with Gasteiger partial charge in [0.2, 0.25) is 11.8 Å². The first-order valence-corrected chi connectivity index (χ1v) is 10.0. The normalized spacial score (nSPS) is 17.3. The number of rotatable bonds is 8. The monoisotopic (exact) mass is 431 g/mol. The first-order valence-electron chi connectivity index (χ1n) is 10.0. The fourth-order valence-electron chi connectivity index (χ4n) is 3.36. The second kappa shape index (κ2) is 10.1. The van der Waals surface area contributed by atoms with Crippen molar-refractivity contribution in [3.63, 3.8) is 0 Å². The molecule has 1 aliphatic heterocycles. The third-order valence-electron chi connectivity index (χ3n) is 5.30. The molecule has 1 unspecified atom stereocenters. The highest BCUT2D eigenvalue weighted by molar-refractivity contribution is 5.99. The number of nitrogens with zero attached hydrogens (tertiary/aromatic N) is 1. The molecule has 1 fully saturated rings. The van der Waals surface area contributed by atoms with Gasteiger partial charge in [-0.25, -0.2) is 4.98 Å². The van der Waals surface area contributed by atoms with Crippen LogP contribution in [0.15, 0.2) is 12.1 Å². The van der Waals surface area contributed by atoms with Crippen LogP contribution in [-0.4, -0.2) is 48.7 Å². The standard InChI is InChI=1S/C20H28F3N3O4/c1-4-19(5-2,18(28)24-3)26-17(27)16-14(20(21,22)23)9-10-15(25-16)30-12-13-8-6-7-11-29-13/h9-10,13H,4-8,11-12H2,1-3H3,(H,24,28)(H,26,27). The molecule has 2 amide bonds. The lowest BCUT2D eigenvalue weighted by Crippen LogP contribution is -2.57. The van der Waals surface area contributed by atoms with Crippen LogP contribution in [0, 0.1) is 0 Å². The van der Waals surface area contributed by atoms with E-state index < -0.39 is 34.8 Å². The molecule has 0 bridgehead atoms. The van der Waals surface area contributed by atoms with Crippen molar-refractivity contribution in [2.75, 3.05) is 20.3 Å². The van der Waals surface area contributed by atoms with Crippen molar-refractivity contribution >= 4 is 11.8 Å². The third kappa shape index (κ3) is 5.62. The second-order valence-electron chi connectivity index (χ2n) is 7.17. The van der Waals surface area contributed by atoms with Crippen LogP contribution in [0.1, 0.15) is 62.0 Å². The number of carbonyl (C=O) groups is 2. The molecule has 1 atom stereocenters. The highest BCUT2D eigenvalue weighted by atomic mass is 19.4. The fraction of sp³-hybridized carbons (Fsp3) is 0.650. The van der Waals surface area contributed by atoms with Gasteiger partial charge in [-0.2, -0.15) is 13.2 Å². The van der Waals surface area contributed by atoms with E-state index in [4.69, 9.17) is 9.47 Å². The molecule has 168 valence electrons. The predicted molar refractivity (Wildman–Crippen MR) is 103 cm³/mol. The van der Waals surface area contributed by atoms with E-state index in [2.05, 4.69) is 15.6 Å². The number of hydrogen-bond donors (Lipinski definition) is 2. The number of nitrogens with one attached hydrogen (secondary N) is 2. The van der Waals surface area contributed by atoms with Crippen molar-refractivity contribution in [1.29, 1.82) is 0 Å². The van der Waals surface area contributed by atoms with Crippen molar-refractivity contribution in [3.8, 4) is 5.88 Å². The largest absolute Gasteiger partial charge is 0.475 e. The molecule has 1 saturated heterocycles. The van der Waals surface area contributed by atoms with Crippen LogP contribution in [0.5, 0.6) is 5.88 Å². The van der Waals surface area contributed by atoms with Gasteiger partial charge in [0, 0.05) is 19.7 Å². The molecule has 0 radical (unpaired) electrons. The Morgan fingerprint density at radius 1 is 1.23 bits per heavy atom. The molecule has 2 rings (SSSR count). The number of hydrogen-bond acceptors (Lipinski definition) is 5. The van der Waals surface area contributed by atoms with Gasteiger partial charge < -0.3 is 20.1 Å². The molecule has 2 N–H and O–H groups in total. The lowest BCUT2D eigenvalue weighted by molar-refractivity contribution is -0.138. The topological polar surface area (TPSA) is 89.6 Å².